The molecule has 4 rings (SSSR count). The molecule has 1 aromatic heterocycles. The van der Waals surface area contributed by atoms with Gasteiger partial charge in [-0.05, 0) is 51.1 Å². The monoisotopic (exact) mass is 547 g/mol. The van der Waals surface area contributed by atoms with Gasteiger partial charge in [-0.1, -0.05) is 12.1 Å². The van der Waals surface area contributed by atoms with Gasteiger partial charge in [0.05, 0.1) is 23.9 Å². The molecule has 2 heterocycles. The molecular formula is C26H25N7O7. The molecule has 3 aromatic rings. The van der Waals surface area contributed by atoms with Gasteiger partial charge in [0.2, 0.25) is 12.0 Å². The van der Waals surface area contributed by atoms with Crippen LogP contribution < -0.4 is 30.6 Å². The fourth-order valence-electron chi connectivity index (χ4n) is 3.41. The number of esters is 1. The quantitative estimate of drug-likeness (QED) is 0.164. The van der Waals surface area contributed by atoms with E-state index in [-0.39, 0.29) is 52.0 Å². The molecular weight excluding hydrogens is 522 g/mol. The molecule has 1 aliphatic heterocycles. The number of para-hydroxylation sites is 2. The molecule has 206 valence electrons. The van der Waals surface area contributed by atoms with Crippen LogP contribution in [0.5, 0.6) is 29.3 Å². The average Bonchev–Trinajstić information content (AvgIpc) is 2.88. The maximum absolute atomic E-state index is 12.9. The van der Waals surface area contributed by atoms with Gasteiger partial charge in [-0.15, -0.1) is 0 Å². The van der Waals surface area contributed by atoms with Crippen LogP contribution in [0.3, 0.4) is 0 Å². The third-order valence-corrected chi connectivity index (χ3v) is 5.08. The Bertz CT molecular complexity index is 1530. The zero-order chi connectivity index (χ0) is 29.0. The molecule has 0 spiro atoms. The van der Waals surface area contributed by atoms with Gasteiger partial charge in [0.25, 0.3) is 11.8 Å². The van der Waals surface area contributed by atoms with Crippen LogP contribution in [0.4, 0.5) is 11.4 Å². The molecule has 1 unspecified atom stereocenters. The number of nitriles is 1. The Balaban J connectivity index is 1.81. The van der Waals surface area contributed by atoms with Crippen molar-refractivity contribution in [1.82, 2.24) is 9.97 Å². The summed E-state index contributed by atoms with van der Waals surface area (Å²) in [5, 5.41) is 31.6. The van der Waals surface area contributed by atoms with Crippen LogP contribution in [0.15, 0.2) is 42.5 Å². The van der Waals surface area contributed by atoms with Gasteiger partial charge >= 0.3 is 12.0 Å². The maximum Gasteiger partial charge on any atom is 0.342 e. The topological polar surface area (TPSA) is 215 Å². The van der Waals surface area contributed by atoms with E-state index in [4.69, 9.17) is 30.1 Å². The normalized spacial score (nSPS) is 14.1. The number of aromatic nitrogens is 2. The van der Waals surface area contributed by atoms with Crippen molar-refractivity contribution >= 4 is 29.2 Å². The largest absolute Gasteiger partial charge is 0.460 e. The first kappa shape index (κ1) is 27.6. The Kier molecular flexibility index (Phi) is 7.69. The number of amides is 1. The summed E-state index contributed by atoms with van der Waals surface area (Å²) in [4.78, 5) is 33.8. The van der Waals surface area contributed by atoms with Gasteiger partial charge in [0, 0.05) is 0 Å². The van der Waals surface area contributed by atoms with Crippen LogP contribution in [0, 0.1) is 16.7 Å². The van der Waals surface area contributed by atoms with Gasteiger partial charge in [0.15, 0.2) is 17.4 Å². The second-order valence-corrected chi connectivity index (χ2v) is 9.33. The SMILES string of the molecule is CC(C)(C)OC(=O)c1ccc(C#N)cc1Oc1nc(Oc2ccccc2NC(=N)N)nc2c1NC(=O)C(CO)O2. The Morgan fingerprint density at radius 1 is 1.23 bits per heavy atom. The molecule has 1 atom stereocenters. The Morgan fingerprint density at radius 2 is 1.98 bits per heavy atom. The lowest BCUT2D eigenvalue weighted by Crippen LogP contribution is -2.40. The van der Waals surface area contributed by atoms with Gasteiger partial charge < -0.3 is 40.4 Å². The van der Waals surface area contributed by atoms with Gasteiger partial charge in [-0.25, -0.2) is 4.79 Å². The van der Waals surface area contributed by atoms with E-state index in [0.717, 1.165) is 0 Å². The molecule has 1 amide bonds. The molecule has 0 fully saturated rings. The first-order valence-electron chi connectivity index (χ1n) is 11.8. The number of nitrogens with two attached hydrogens (primary N) is 1. The molecule has 0 saturated carbocycles. The molecule has 0 aliphatic carbocycles. The summed E-state index contributed by atoms with van der Waals surface area (Å²) in [7, 11) is 0. The van der Waals surface area contributed by atoms with Crippen LogP contribution in [-0.2, 0) is 9.53 Å². The third-order valence-electron chi connectivity index (χ3n) is 5.08. The molecule has 6 N–H and O–H groups in total. The highest BCUT2D eigenvalue weighted by Crippen LogP contribution is 2.41. The number of benzene rings is 2. The van der Waals surface area contributed by atoms with Crippen LogP contribution in [0.25, 0.3) is 0 Å². The minimum Gasteiger partial charge on any atom is -0.460 e. The van der Waals surface area contributed by atoms with E-state index in [1.165, 1.54) is 18.2 Å². The van der Waals surface area contributed by atoms with Crippen molar-refractivity contribution < 1.29 is 33.6 Å². The van der Waals surface area contributed by atoms with E-state index in [9.17, 15) is 20.0 Å². The number of carbonyl (C=O) groups excluding carboxylic acids is 2. The van der Waals surface area contributed by atoms with Crippen molar-refractivity contribution in [3.63, 3.8) is 0 Å². The summed E-state index contributed by atoms with van der Waals surface area (Å²) in [6.07, 6.45) is -1.27. The standard InChI is InChI=1S/C26H25N7O7/c1-26(2,3)40-23(36)14-9-8-13(11-27)10-17(14)37-21-19-22(38-18(12-34)20(35)31-19)33-25(32-21)39-16-7-5-4-6-15(16)30-24(28)29/h4-10,18,34H,12H2,1-3H3,(H,31,35)(H4,28,29,30). The Morgan fingerprint density at radius 3 is 2.65 bits per heavy atom. The van der Waals surface area contributed by atoms with E-state index in [1.807, 2.05) is 6.07 Å². The second kappa shape index (κ2) is 11.1. The summed E-state index contributed by atoms with van der Waals surface area (Å²) in [6, 6.07) is 12.3. The minimum atomic E-state index is -1.27. The number of anilines is 2. The molecule has 1 aliphatic rings. The first-order valence-corrected chi connectivity index (χ1v) is 11.8. The van der Waals surface area contributed by atoms with Crippen LogP contribution in [-0.4, -0.2) is 51.2 Å². The lowest BCUT2D eigenvalue weighted by atomic mass is 10.1. The summed E-state index contributed by atoms with van der Waals surface area (Å²) >= 11 is 0. The number of ether oxygens (including phenoxy) is 4. The highest BCUT2D eigenvalue weighted by molar-refractivity contribution is 5.99. The molecule has 40 heavy (non-hydrogen) atoms. The van der Waals surface area contributed by atoms with E-state index in [1.54, 1.807) is 45.0 Å². The second-order valence-electron chi connectivity index (χ2n) is 9.33. The van der Waals surface area contributed by atoms with Crippen molar-refractivity contribution in [1.29, 1.82) is 10.7 Å². The van der Waals surface area contributed by atoms with Crippen LogP contribution in [0.1, 0.15) is 36.7 Å². The summed E-state index contributed by atoms with van der Waals surface area (Å²) in [6.45, 7) is 4.45. The number of guanidine groups is 1. The van der Waals surface area contributed by atoms with Crippen LogP contribution in [0.2, 0.25) is 0 Å². The first-order chi connectivity index (χ1) is 19.0. The predicted molar refractivity (Wildman–Crippen MR) is 141 cm³/mol. The number of fused-ring (bicyclic) bond motifs is 1. The number of hydrogen-bond acceptors (Lipinski definition) is 11. The highest BCUT2D eigenvalue weighted by Gasteiger charge is 2.33. The number of carbonyl (C=O) groups is 2. The van der Waals surface area contributed by atoms with Crippen LogP contribution >= 0.6 is 0 Å². The zero-order valence-corrected chi connectivity index (χ0v) is 21.6. The lowest BCUT2D eigenvalue weighted by molar-refractivity contribution is -0.125. The molecule has 0 radical (unpaired) electrons. The maximum atomic E-state index is 12.9. The van der Waals surface area contributed by atoms with Crippen molar-refractivity contribution in [2.45, 2.75) is 32.5 Å². The smallest absolute Gasteiger partial charge is 0.342 e. The van der Waals surface area contributed by atoms with Gasteiger partial charge in [-0.2, -0.15) is 15.2 Å². The number of nitrogens with one attached hydrogen (secondary N) is 3. The lowest BCUT2D eigenvalue weighted by Gasteiger charge is -2.25. The summed E-state index contributed by atoms with van der Waals surface area (Å²) in [5.74, 6) is -2.15. The Labute approximate surface area is 228 Å². The third kappa shape index (κ3) is 6.34. The van der Waals surface area contributed by atoms with Gasteiger partial charge in [0.1, 0.15) is 16.9 Å². The predicted octanol–water partition coefficient (Wildman–Crippen LogP) is 2.89. The van der Waals surface area contributed by atoms with Gasteiger partial charge in [-0.3, -0.25) is 10.2 Å². The van der Waals surface area contributed by atoms with E-state index >= 15 is 0 Å². The Hall–Kier alpha value is -5.42. The van der Waals surface area contributed by atoms with Crippen molar-refractivity contribution in [2.24, 2.45) is 5.73 Å². The molecule has 0 saturated heterocycles. The number of hydrogen-bond donors (Lipinski definition) is 5. The van der Waals surface area contributed by atoms with E-state index in [2.05, 4.69) is 20.6 Å². The molecule has 0 bridgehead atoms. The van der Waals surface area contributed by atoms with Crippen molar-refractivity contribution in [3.8, 4) is 35.3 Å². The number of aliphatic hydroxyl groups is 1. The zero-order valence-electron chi connectivity index (χ0n) is 21.6. The minimum absolute atomic E-state index is 0.0175. The van der Waals surface area contributed by atoms with E-state index in [0.29, 0.717) is 5.69 Å². The highest BCUT2D eigenvalue weighted by atomic mass is 16.6. The number of rotatable bonds is 7. The number of aliphatic hydroxyl groups excluding tert-OH is 1. The number of nitrogens with zero attached hydrogens (tertiary/aromatic N) is 3. The molecule has 14 nitrogen and oxygen atoms in total. The fraction of sp³-hybridized carbons (Fsp3) is 0.231. The van der Waals surface area contributed by atoms with Crippen molar-refractivity contribution in [2.75, 3.05) is 17.2 Å². The molecule has 2 aromatic carbocycles. The fourth-order valence-corrected chi connectivity index (χ4v) is 3.41. The van der Waals surface area contributed by atoms with E-state index < -0.39 is 30.2 Å². The van der Waals surface area contributed by atoms with Crippen molar-refractivity contribution in [3.05, 3.63) is 53.6 Å². The summed E-state index contributed by atoms with van der Waals surface area (Å²) < 4.78 is 22.8. The summed E-state index contributed by atoms with van der Waals surface area (Å²) in [5.41, 5.74) is 5.02. The molecule has 14 heteroatoms. The average molecular weight is 548 g/mol.